The molecule has 1 aromatic rings. The molecule has 1 rings (SSSR count). The fourth-order valence-corrected chi connectivity index (χ4v) is 4.22. The Kier molecular flexibility index (Phi) is 12.9. The summed E-state index contributed by atoms with van der Waals surface area (Å²) in [5, 5.41) is 9.36. The van der Waals surface area contributed by atoms with Crippen molar-refractivity contribution in [2.24, 2.45) is 5.73 Å². The number of benzene rings is 1. The molecule has 0 radical (unpaired) electrons. The third-order valence-corrected chi connectivity index (χ3v) is 6.74. The third kappa shape index (κ3) is 13.2. The first-order valence-corrected chi connectivity index (χ1v) is 13.1. The second-order valence-corrected chi connectivity index (χ2v) is 10.4. The van der Waals surface area contributed by atoms with Crippen molar-refractivity contribution in [1.82, 2.24) is 21.3 Å². The van der Waals surface area contributed by atoms with Crippen LogP contribution in [0.5, 0.6) is 0 Å². The van der Waals surface area contributed by atoms with Crippen LogP contribution >= 0.6 is 0 Å². The number of ketones is 1. The molecule has 37 heavy (non-hydrogen) atoms. The van der Waals surface area contributed by atoms with Crippen molar-refractivity contribution in [3.05, 3.63) is 29.8 Å². The van der Waals surface area contributed by atoms with Crippen molar-refractivity contribution < 1.29 is 37.2 Å². The van der Waals surface area contributed by atoms with E-state index in [9.17, 15) is 37.2 Å². The SMILES string of the molecule is CC(=O)NCC(=O)N[C@@H](CCC(N)=O)C(=O)NCC(=O)NCCC(=O)CCS(=O)(=O)c1ccc(C)cc1. The van der Waals surface area contributed by atoms with Crippen LogP contribution < -0.4 is 27.0 Å². The highest BCUT2D eigenvalue weighted by Gasteiger charge is 2.22. The summed E-state index contributed by atoms with van der Waals surface area (Å²) in [6.45, 7) is 2.14. The van der Waals surface area contributed by atoms with Crippen LogP contribution in [0.25, 0.3) is 0 Å². The molecule has 1 atom stereocenters. The van der Waals surface area contributed by atoms with Crippen molar-refractivity contribution >= 4 is 45.2 Å². The van der Waals surface area contributed by atoms with Crippen molar-refractivity contribution in [3.8, 4) is 0 Å². The lowest BCUT2D eigenvalue weighted by atomic mass is 10.1. The number of nitrogens with one attached hydrogen (secondary N) is 4. The minimum Gasteiger partial charge on any atom is -0.370 e. The van der Waals surface area contributed by atoms with Gasteiger partial charge in [-0.1, -0.05) is 17.7 Å². The van der Waals surface area contributed by atoms with Crippen LogP contribution in [-0.4, -0.2) is 75.2 Å². The molecular weight excluding hydrogens is 506 g/mol. The number of Topliss-reactive ketones (excluding diaryl/α,β-unsaturated/α-hetero) is 1. The van der Waals surface area contributed by atoms with Gasteiger partial charge in [-0.3, -0.25) is 28.8 Å². The average molecular weight is 540 g/mol. The molecule has 14 heteroatoms. The van der Waals surface area contributed by atoms with E-state index in [1.54, 1.807) is 12.1 Å². The molecule has 1 aromatic carbocycles. The molecule has 204 valence electrons. The molecule has 0 saturated carbocycles. The molecule has 0 spiro atoms. The van der Waals surface area contributed by atoms with Gasteiger partial charge in [0, 0.05) is 32.7 Å². The fourth-order valence-electron chi connectivity index (χ4n) is 2.94. The number of carbonyl (C=O) groups excluding carboxylic acids is 6. The Labute approximate surface area is 215 Å². The summed E-state index contributed by atoms with van der Waals surface area (Å²) >= 11 is 0. The molecule has 0 aliphatic rings. The van der Waals surface area contributed by atoms with E-state index in [2.05, 4.69) is 21.3 Å². The predicted octanol–water partition coefficient (Wildman–Crippen LogP) is -1.76. The van der Waals surface area contributed by atoms with E-state index in [1.165, 1.54) is 19.1 Å². The smallest absolute Gasteiger partial charge is 0.243 e. The molecule has 0 saturated heterocycles. The Balaban J connectivity index is 2.43. The van der Waals surface area contributed by atoms with E-state index in [-0.39, 0.29) is 55.2 Å². The molecule has 6 N–H and O–H groups in total. The van der Waals surface area contributed by atoms with Gasteiger partial charge in [0.05, 0.1) is 23.7 Å². The van der Waals surface area contributed by atoms with Gasteiger partial charge >= 0.3 is 0 Å². The first-order valence-electron chi connectivity index (χ1n) is 11.5. The summed E-state index contributed by atoms with van der Waals surface area (Å²) in [5.74, 6) is -3.88. The minimum absolute atomic E-state index is 0.0589. The van der Waals surface area contributed by atoms with Crippen LogP contribution in [-0.2, 0) is 38.6 Å². The zero-order valence-corrected chi connectivity index (χ0v) is 21.6. The monoisotopic (exact) mass is 539 g/mol. The van der Waals surface area contributed by atoms with E-state index in [4.69, 9.17) is 5.73 Å². The molecule has 0 unspecified atom stereocenters. The molecule has 0 bridgehead atoms. The number of sulfone groups is 1. The topological polar surface area (TPSA) is 211 Å². The Morgan fingerprint density at radius 2 is 1.49 bits per heavy atom. The highest BCUT2D eigenvalue weighted by molar-refractivity contribution is 7.91. The second kappa shape index (κ2) is 15.3. The summed E-state index contributed by atoms with van der Waals surface area (Å²) in [6.07, 6.45) is -0.618. The van der Waals surface area contributed by atoms with Gasteiger partial charge in [0.1, 0.15) is 11.8 Å². The lowest BCUT2D eigenvalue weighted by Gasteiger charge is -2.18. The minimum atomic E-state index is -3.60. The predicted molar refractivity (Wildman–Crippen MR) is 133 cm³/mol. The number of nitrogens with two attached hydrogens (primary N) is 1. The normalized spacial score (nSPS) is 11.6. The van der Waals surface area contributed by atoms with Gasteiger partial charge in [0.2, 0.25) is 29.5 Å². The number of primary amides is 1. The summed E-state index contributed by atoms with van der Waals surface area (Å²) in [5.41, 5.74) is 6.00. The Bertz CT molecular complexity index is 1100. The lowest BCUT2D eigenvalue weighted by molar-refractivity contribution is -0.131. The van der Waals surface area contributed by atoms with Crippen molar-refractivity contribution in [2.45, 2.75) is 50.5 Å². The van der Waals surface area contributed by atoms with Gasteiger partial charge in [0.25, 0.3) is 0 Å². The van der Waals surface area contributed by atoms with Gasteiger partial charge in [0.15, 0.2) is 9.84 Å². The molecule has 0 aliphatic carbocycles. The molecule has 0 aromatic heterocycles. The number of aryl methyl sites for hydroxylation is 1. The Morgan fingerprint density at radius 1 is 0.865 bits per heavy atom. The van der Waals surface area contributed by atoms with Gasteiger partial charge in [-0.05, 0) is 25.5 Å². The van der Waals surface area contributed by atoms with E-state index < -0.39 is 52.0 Å². The fraction of sp³-hybridized carbons (Fsp3) is 0.478. The molecule has 0 heterocycles. The van der Waals surface area contributed by atoms with Gasteiger partial charge in [-0.2, -0.15) is 0 Å². The van der Waals surface area contributed by atoms with Crippen molar-refractivity contribution in [2.75, 3.05) is 25.4 Å². The Hall–Kier alpha value is -3.81. The number of hydrogen-bond donors (Lipinski definition) is 5. The molecule has 0 aliphatic heterocycles. The molecule has 5 amide bonds. The second-order valence-electron chi connectivity index (χ2n) is 8.27. The van der Waals surface area contributed by atoms with Crippen LogP contribution in [0.4, 0.5) is 0 Å². The number of hydrogen-bond acceptors (Lipinski definition) is 8. The first-order chi connectivity index (χ1) is 17.3. The quantitative estimate of drug-likeness (QED) is 0.162. The van der Waals surface area contributed by atoms with Crippen LogP contribution in [0.1, 0.15) is 38.2 Å². The van der Waals surface area contributed by atoms with Crippen LogP contribution in [0.15, 0.2) is 29.2 Å². The van der Waals surface area contributed by atoms with E-state index in [1.807, 2.05) is 6.92 Å². The first kappa shape index (κ1) is 31.2. The third-order valence-electron chi connectivity index (χ3n) is 5.01. The summed E-state index contributed by atoms with van der Waals surface area (Å²) in [7, 11) is -3.60. The van der Waals surface area contributed by atoms with Gasteiger partial charge in [-0.15, -0.1) is 0 Å². The van der Waals surface area contributed by atoms with Crippen LogP contribution in [0.2, 0.25) is 0 Å². The Morgan fingerprint density at radius 3 is 2.08 bits per heavy atom. The molecular formula is C23H33N5O8S. The van der Waals surface area contributed by atoms with Crippen molar-refractivity contribution in [3.63, 3.8) is 0 Å². The van der Waals surface area contributed by atoms with Crippen molar-refractivity contribution in [1.29, 1.82) is 0 Å². The summed E-state index contributed by atoms with van der Waals surface area (Å²) in [6, 6.07) is 5.14. The maximum absolute atomic E-state index is 12.4. The van der Waals surface area contributed by atoms with E-state index in [0.717, 1.165) is 5.56 Å². The maximum atomic E-state index is 12.4. The standard InChI is InChI=1S/C23H33N5O8S/c1-15-3-5-18(6-4-15)37(35,36)12-10-17(30)9-11-25-21(32)13-27-23(34)19(7-8-20(24)31)28-22(33)14-26-16(2)29/h3-6,19H,7-14H2,1-2H3,(H2,24,31)(H,25,32)(H,26,29)(H,27,34)(H,28,33)/t19-/m0/s1. The van der Waals surface area contributed by atoms with Crippen LogP contribution in [0.3, 0.4) is 0 Å². The zero-order chi connectivity index (χ0) is 28.0. The largest absolute Gasteiger partial charge is 0.370 e. The molecule has 13 nitrogen and oxygen atoms in total. The summed E-state index contributed by atoms with van der Waals surface area (Å²) in [4.78, 5) is 70.4. The average Bonchev–Trinajstić information content (AvgIpc) is 2.82. The maximum Gasteiger partial charge on any atom is 0.243 e. The number of amides is 5. The van der Waals surface area contributed by atoms with Crippen LogP contribution in [0, 0.1) is 6.92 Å². The van der Waals surface area contributed by atoms with E-state index in [0.29, 0.717) is 0 Å². The van der Waals surface area contributed by atoms with E-state index >= 15 is 0 Å². The van der Waals surface area contributed by atoms with Gasteiger partial charge < -0.3 is 27.0 Å². The summed E-state index contributed by atoms with van der Waals surface area (Å²) < 4.78 is 24.6. The highest BCUT2D eigenvalue weighted by Crippen LogP contribution is 2.13. The zero-order valence-electron chi connectivity index (χ0n) is 20.8. The molecule has 0 fully saturated rings. The highest BCUT2D eigenvalue weighted by atomic mass is 32.2. The number of carbonyl (C=O) groups is 6. The van der Waals surface area contributed by atoms with Gasteiger partial charge in [-0.25, -0.2) is 8.42 Å². The lowest BCUT2D eigenvalue weighted by Crippen LogP contribution is -2.51. The number of rotatable bonds is 16.